The molecule has 0 saturated heterocycles. The van der Waals surface area contributed by atoms with Gasteiger partial charge in [0.25, 0.3) is 0 Å². The highest BCUT2D eigenvalue weighted by atomic mass is 32.2. The van der Waals surface area contributed by atoms with Gasteiger partial charge in [0.1, 0.15) is 0 Å². The molecular weight excluding hydrogens is 206 g/mol. The van der Waals surface area contributed by atoms with Crippen LogP contribution in [0, 0.1) is 0 Å². The van der Waals surface area contributed by atoms with E-state index in [-0.39, 0.29) is 0 Å². The first-order valence-corrected chi connectivity index (χ1v) is 6.67. The van der Waals surface area contributed by atoms with Crippen LogP contribution in [-0.2, 0) is 6.42 Å². The number of rotatable bonds is 3. The average Bonchev–Trinajstić information content (AvgIpc) is 2.29. The molecule has 0 bridgehead atoms. The maximum absolute atomic E-state index is 5.64. The molecule has 0 amide bonds. The third-order valence-corrected chi connectivity index (χ3v) is 3.52. The summed E-state index contributed by atoms with van der Waals surface area (Å²) in [6.45, 7) is 0.753. The lowest BCUT2D eigenvalue weighted by Crippen LogP contribution is -2.16. The van der Waals surface area contributed by atoms with Crippen molar-refractivity contribution in [2.24, 2.45) is 5.73 Å². The van der Waals surface area contributed by atoms with E-state index in [0.29, 0.717) is 5.92 Å². The average molecular weight is 223 g/mol. The molecule has 0 radical (unpaired) electrons. The number of hydrogen-bond donors (Lipinski definition) is 1. The number of nitrogens with two attached hydrogens (primary N) is 1. The summed E-state index contributed by atoms with van der Waals surface area (Å²) in [5, 5.41) is 0.887. The first-order valence-electron chi connectivity index (χ1n) is 5.45. The second kappa shape index (κ2) is 4.94. The fourth-order valence-electron chi connectivity index (χ4n) is 2.21. The van der Waals surface area contributed by atoms with Gasteiger partial charge < -0.3 is 5.73 Å². The van der Waals surface area contributed by atoms with E-state index < -0.39 is 0 Å². The molecule has 1 aliphatic carbocycles. The maximum atomic E-state index is 5.64. The highest BCUT2D eigenvalue weighted by Crippen LogP contribution is 2.32. The van der Waals surface area contributed by atoms with Gasteiger partial charge in [-0.2, -0.15) is 0 Å². The minimum Gasteiger partial charge on any atom is -0.330 e. The van der Waals surface area contributed by atoms with E-state index in [1.807, 2.05) is 12.5 Å². The second-order valence-corrected chi connectivity index (χ2v) is 4.71. The Morgan fingerprint density at radius 2 is 2.47 bits per heavy atom. The molecule has 0 saturated carbocycles. The minimum atomic E-state index is 0.563. The first kappa shape index (κ1) is 10.9. The zero-order valence-corrected chi connectivity index (χ0v) is 9.89. The summed E-state index contributed by atoms with van der Waals surface area (Å²) >= 11 is 1.61. The zero-order valence-electron chi connectivity index (χ0n) is 9.07. The molecule has 3 nitrogen and oxygen atoms in total. The Morgan fingerprint density at radius 3 is 3.20 bits per heavy atom. The van der Waals surface area contributed by atoms with Gasteiger partial charge in [0, 0.05) is 12.1 Å². The molecule has 0 fully saturated rings. The summed E-state index contributed by atoms with van der Waals surface area (Å²) < 4.78 is 0. The summed E-state index contributed by atoms with van der Waals surface area (Å²) in [7, 11) is 0. The van der Waals surface area contributed by atoms with Gasteiger partial charge in [-0.15, -0.1) is 0 Å². The van der Waals surface area contributed by atoms with Crippen LogP contribution in [0.3, 0.4) is 0 Å². The topological polar surface area (TPSA) is 51.8 Å². The monoisotopic (exact) mass is 223 g/mol. The second-order valence-electron chi connectivity index (χ2n) is 3.93. The molecule has 2 N–H and O–H groups in total. The quantitative estimate of drug-likeness (QED) is 0.629. The van der Waals surface area contributed by atoms with E-state index >= 15 is 0 Å². The van der Waals surface area contributed by atoms with E-state index in [4.69, 9.17) is 5.73 Å². The molecule has 0 aromatic carbocycles. The summed E-state index contributed by atoms with van der Waals surface area (Å²) in [5.41, 5.74) is 8.23. The van der Waals surface area contributed by atoms with Crippen molar-refractivity contribution in [3.8, 4) is 0 Å². The van der Waals surface area contributed by atoms with Crippen molar-refractivity contribution in [1.82, 2.24) is 9.97 Å². The SMILES string of the molecule is CSc1ncc2c(n1)C(CCN)CCC2. The van der Waals surface area contributed by atoms with Crippen LogP contribution in [0.2, 0.25) is 0 Å². The molecule has 0 spiro atoms. The molecule has 2 rings (SSSR count). The van der Waals surface area contributed by atoms with Crippen LogP contribution in [0.4, 0.5) is 0 Å². The summed E-state index contributed by atoms with van der Waals surface area (Å²) in [4.78, 5) is 8.95. The number of aryl methyl sites for hydroxylation is 1. The van der Waals surface area contributed by atoms with Crippen molar-refractivity contribution < 1.29 is 0 Å². The molecule has 1 unspecified atom stereocenters. The van der Waals surface area contributed by atoms with E-state index in [9.17, 15) is 0 Å². The van der Waals surface area contributed by atoms with Gasteiger partial charge >= 0.3 is 0 Å². The van der Waals surface area contributed by atoms with Gasteiger partial charge in [-0.1, -0.05) is 11.8 Å². The predicted molar refractivity (Wildman–Crippen MR) is 63.2 cm³/mol. The lowest BCUT2D eigenvalue weighted by Gasteiger charge is -2.23. The van der Waals surface area contributed by atoms with Crippen LogP contribution >= 0.6 is 11.8 Å². The van der Waals surface area contributed by atoms with Crippen LogP contribution in [0.25, 0.3) is 0 Å². The molecule has 82 valence electrons. The van der Waals surface area contributed by atoms with Crippen molar-refractivity contribution in [3.05, 3.63) is 17.5 Å². The smallest absolute Gasteiger partial charge is 0.187 e. The number of aromatic nitrogens is 2. The van der Waals surface area contributed by atoms with Crippen molar-refractivity contribution in [2.75, 3.05) is 12.8 Å². The number of thioether (sulfide) groups is 1. The number of nitrogens with zero attached hydrogens (tertiary/aromatic N) is 2. The molecule has 4 heteroatoms. The van der Waals surface area contributed by atoms with Crippen LogP contribution in [0.15, 0.2) is 11.4 Å². The van der Waals surface area contributed by atoms with Crippen LogP contribution in [-0.4, -0.2) is 22.8 Å². The van der Waals surface area contributed by atoms with Gasteiger partial charge in [0.15, 0.2) is 5.16 Å². The van der Waals surface area contributed by atoms with E-state index in [1.54, 1.807) is 11.8 Å². The van der Waals surface area contributed by atoms with Gasteiger partial charge in [0.2, 0.25) is 0 Å². The highest BCUT2D eigenvalue weighted by molar-refractivity contribution is 7.98. The molecule has 1 heterocycles. The van der Waals surface area contributed by atoms with Gasteiger partial charge in [0.05, 0.1) is 5.69 Å². The van der Waals surface area contributed by atoms with Crippen molar-refractivity contribution >= 4 is 11.8 Å². The molecular formula is C11H17N3S. The standard InChI is InChI=1S/C11H17N3S/c1-15-11-13-7-9-4-2-3-8(5-6-12)10(9)14-11/h7-8H,2-6,12H2,1H3. The van der Waals surface area contributed by atoms with Crippen LogP contribution < -0.4 is 5.73 Å². The Bertz CT molecular complexity index is 341. The van der Waals surface area contributed by atoms with Crippen molar-refractivity contribution in [2.45, 2.75) is 36.8 Å². The fourth-order valence-corrected chi connectivity index (χ4v) is 2.55. The van der Waals surface area contributed by atoms with Crippen LogP contribution in [0.1, 0.15) is 36.4 Å². The fraction of sp³-hybridized carbons (Fsp3) is 0.636. The van der Waals surface area contributed by atoms with Gasteiger partial charge in [-0.05, 0) is 44.0 Å². The third-order valence-electron chi connectivity index (χ3n) is 2.96. The maximum Gasteiger partial charge on any atom is 0.187 e. The van der Waals surface area contributed by atoms with E-state index in [2.05, 4.69) is 9.97 Å². The summed E-state index contributed by atoms with van der Waals surface area (Å²) in [6.07, 6.45) is 8.68. The Kier molecular flexibility index (Phi) is 3.59. The number of fused-ring (bicyclic) bond motifs is 1. The molecule has 1 atom stereocenters. The van der Waals surface area contributed by atoms with Crippen LogP contribution in [0.5, 0.6) is 0 Å². The van der Waals surface area contributed by atoms with Gasteiger partial charge in [-0.25, -0.2) is 9.97 Å². The molecule has 1 aromatic rings. The lowest BCUT2D eigenvalue weighted by molar-refractivity contribution is 0.504. The normalized spacial score (nSPS) is 20.0. The minimum absolute atomic E-state index is 0.563. The Balaban J connectivity index is 2.30. The first-order chi connectivity index (χ1) is 7.35. The summed E-state index contributed by atoms with van der Waals surface area (Å²) in [5.74, 6) is 0.563. The highest BCUT2D eigenvalue weighted by Gasteiger charge is 2.21. The lowest BCUT2D eigenvalue weighted by atomic mass is 9.85. The number of hydrogen-bond acceptors (Lipinski definition) is 4. The largest absolute Gasteiger partial charge is 0.330 e. The molecule has 0 aliphatic heterocycles. The van der Waals surface area contributed by atoms with Gasteiger partial charge in [-0.3, -0.25) is 0 Å². The van der Waals surface area contributed by atoms with E-state index in [0.717, 1.165) is 24.5 Å². The van der Waals surface area contributed by atoms with Crippen molar-refractivity contribution in [3.63, 3.8) is 0 Å². The summed E-state index contributed by atoms with van der Waals surface area (Å²) in [6, 6.07) is 0. The Labute approximate surface area is 94.9 Å². The Morgan fingerprint density at radius 1 is 1.60 bits per heavy atom. The van der Waals surface area contributed by atoms with Crippen molar-refractivity contribution in [1.29, 1.82) is 0 Å². The molecule has 1 aliphatic rings. The van der Waals surface area contributed by atoms with E-state index in [1.165, 1.54) is 24.1 Å². The third kappa shape index (κ3) is 2.32. The zero-order chi connectivity index (χ0) is 10.7. The predicted octanol–water partition coefficient (Wildman–Crippen LogP) is 1.97. The Hall–Kier alpha value is -0.610. The molecule has 15 heavy (non-hydrogen) atoms. The molecule has 1 aromatic heterocycles.